The van der Waals surface area contributed by atoms with Crippen molar-refractivity contribution in [2.45, 2.75) is 45.1 Å². The van der Waals surface area contributed by atoms with Crippen molar-refractivity contribution in [3.8, 4) is 11.5 Å². The van der Waals surface area contributed by atoms with Crippen LogP contribution in [0.3, 0.4) is 0 Å². The molecule has 3 heterocycles. The molecule has 0 aromatic heterocycles. The maximum absolute atomic E-state index is 12.8. The lowest BCUT2D eigenvalue weighted by Gasteiger charge is -2.47. The monoisotopic (exact) mass is 389 g/mol. The third kappa shape index (κ3) is 2.92. The first-order valence-corrected chi connectivity index (χ1v) is 12.5. The zero-order chi connectivity index (χ0) is 19.5. The minimum atomic E-state index is -1.80. The van der Waals surface area contributed by atoms with Gasteiger partial charge in [0.2, 0.25) is 12.7 Å². The van der Waals surface area contributed by atoms with Crippen LogP contribution in [0.4, 0.5) is 0 Å². The first kappa shape index (κ1) is 18.1. The largest absolute Gasteiger partial charge is 0.477 e. The van der Waals surface area contributed by atoms with E-state index < -0.39 is 14.3 Å². The van der Waals surface area contributed by atoms with E-state index in [1.54, 1.807) is 12.1 Å². The molecule has 0 radical (unpaired) electrons. The minimum Gasteiger partial charge on any atom is -0.477 e. The van der Waals surface area contributed by atoms with Crippen LogP contribution >= 0.6 is 0 Å². The molecule has 0 unspecified atom stereocenters. The number of hydrogen-bond acceptors (Lipinski definition) is 5. The maximum atomic E-state index is 12.8. The van der Waals surface area contributed by atoms with Gasteiger partial charge in [-0.3, -0.25) is 4.79 Å². The highest BCUT2D eigenvalue weighted by atomic mass is 28.4. The lowest BCUT2D eigenvalue weighted by atomic mass is 9.82. The van der Waals surface area contributed by atoms with Crippen LogP contribution in [0.2, 0.25) is 19.6 Å². The molecule has 144 valence electrons. The number of carboxylic acids is 1. The van der Waals surface area contributed by atoms with E-state index >= 15 is 0 Å². The zero-order valence-electron chi connectivity index (χ0n) is 15.8. The summed E-state index contributed by atoms with van der Waals surface area (Å²) in [6.45, 7) is 8.32. The number of β-lactam (4-membered cyclic amide) rings is 1. The summed E-state index contributed by atoms with van der Waals surface area (Å²) in [5, 5.41) is 9.76. The van der Waals surface area contributed by atoms with Gasteiger partial charge in [0.25, 0.3) is 0 Å². The molecule has 1 N–H and O–H groups in total. The predicted octanol–water partition coefficient (Wildman–Crippen LogP) is 2.68. The van der Waals surface area contributed by atoms with Crippen LogP contribution < -0.4 is 9.47 Å². The highest BCUT2D eigenvalue weighted by Crippen LogP contribution is 2.48. The molecule has 8 heteroatoms. The molecule has 4 rings (SSSR count). The molecule has 1 aromatic carbocycles. The Morgan fingerprint density at radius 1 is 1.30 bits per heavy atom. The number of amides is 1. The van der Waals surface area contributed by atoms with Crippen LogP contribution in [-0.2, 0) is 14.0 Å². The van der Waals surface area contributed by atoms with Gasteiger partial charge >= 0.3 is 5.97 Å². The molecule has 1 saturated heterocycles. The first-order chi connectivity index (χ1) is 12.7. The number of hydrogen-bond donors (Lipinski definition) is 1. The van der Waals surface area contributed by atoms with Crippen LogP contribution in [0, 0.1) is 5.92 Å². The Morgan fingerprint density at radius 3 is 2.67 bits per heavy atom. The Bertz CT molecular complexity index is 858. The van der Waals surface area contributed by atoms with Gasteiger partial charge in [-0.25, -0.2) is 4.79 Å². The maximum Gasteiger partial charge on any atom is 0.352 e. The fourth-order valence-electron chi connectivity index (χ4n) is 4.23. The van der Waals surface area contributed by atoms with Gasteiger partial charge in [0.05, 0.1) is 18.1 Å². The Balaban J connectivity index is 1.65. The smallest absolute Gasteiger partial charge is 0.352 e. The normalized spacial score (nSPS) is 24.7. The fourth-order valence-corrected chi connectivity index (χ4v) is 5.49. The number of rotatable bonds is 5. The van der Waals surface area contributed by atoms with E-state index in [1.807, 2.05) is 13.0 Å². The van der Waals surface area contributed by atoms with Gasteiger partial charge in [-0.05, 0) is 56.3 Å². The minimum absolute atomic E-state index is 0.0697. The molecular formula is C19H23NO6Si. The van der Waals surface area contributed by atoms with Gasteiger partial charge < -0.3 is 23.9 Å². The average molecular weight is 389 g/mol. The van der Waals surface area contributed by atoms with E-state index in [0.717, 1.165) is 5.56 Å². The average Bonchev–Trinajstić information content (AvgIpc) is 3.14. The number of carbonyl (C=O) groups is 2. The molecule has 3 aliphatic rings. The standard InChI is InChI=1S/C19H23NO6Si/c1-10(26-27(2,3)4)16-13-8-12(17(19(22)23)20(13)18(16)21)11-5-6-14-15(7-11)25-9-24-14/h5-7,10,13,16H,8-9H2,1-4H3,(H,22,23)/t10-,13-,16-/m1/s1. The highest BCUT2D eigenvalue weighted by Gasteiger charge is 2.57. The molecule has 3 atom stereocenters. The third-order valence-electron chi connectivity index (χ3n) is 5.18. The van der Waals surface area contributed by atoms with Crippen LogP contribution in [0.1, 0.15) is 18.9 Å². The second kappa shape index (κ2) is 6.10. The van der Waals surface area contributed by atoms with Gasteiger partial charge in [0.15, 0.2) is 19.8 Å². The molecule has 0 spiro atoms. The fraction of sp³-hybridized carbons (Fsp3) is 0.474. The molecule has 0 aliphatic carbocycles. The van der Waals surface area contributed by atoms with Crippen molar-refractivity contribution in [2.75, 3.05) is 6.79 Å². The lowest BCUT2D eigenvalue weighted by Crippen LogP contribution is -2.63. The van der Waals surface area contributed by atoms with Crippen LogP contribution in [0.5, 0.6) is 11.5 Å². The molecule has 7 nitrogen and oxygen atoms in total. The van der Waals surface area contributed by atoms with Gasteiger partial charge in [-0.1, -0.05) is 6.07 Å². The number of benzene rings is 1. The molecule has 0 saturated carbocycles. The summed E-state index contributed by atoms with van der Waals surface area (Å²) >= 11 is 0. The number of nitrogens with zero attached hydrogens (tertiary/aromatic N) is 1. The van der Waals surface area contributed by atoms with E-state index in [-0.39, 0.29) is 36.5 Å². The van der Waals surface area contributed by atoms with Gasteiger partial charge in [0.1, 0.15) is 5.70 Å². The van der Waals surface area contributed by atoms with Crippen molar-refractivity contribution in [1.29, 1.82) is 0 Å². The quantitative estimate of drug-likeness (QED) is 0.616. The van der Waals surface area contributed by atoms with E-state index in [2.05, 4.69) is 19.6 Å². The molecular weight excluding hydrogens is 366 g/mol. The van der Waals surface area contributed by atoms with Crippen LogP contribution in [0.15, 0.2) is 23.9 Å². The third-order valence-corrected chi connectivity index (χ3v) is 6.26. The zero-order valence-corrected chi connectivity index (χ0v) is 16.8. The van der Waals surface area contributed by atoms with Crippen molar-refractivity contribution < 1.29 is 28.6 Å². The van der Waals surface area contributed by atoms with Crippen molar-refractivity contribution >= 4 is 25.8 Å². The molecule has 27 heavy (non-hydrogen) atoms. The van der Waals surface area contributed by atoms with Crippen molar-refractivity contribution in [2.24, 2.45) is 5.92 Å². The van der Waals surface area contributed by atoms with Gasteiger partial charge in [-0.15, -0.1) is 0 Å². The summed E-state index contributed by atoms with van der Waals surface area (Å²) in [6.07, 6.45) is 0.272. The van der Waals surface area contributed by atoms with E-state index in [9.17, 15) is 14.7 Å². The number of ether oxygens (including phenoxy) is 2. The van der Waals surface area contributed by atoms with Gasteiger partial charge in [-0.2, -0.15) is 0 Å². The molecule has 1 fully saturated rings. The van der Waals surface area contributed by atoms with E-state index in [1.165, 1.54) is 4.90 Å². The molecule has 1 amide bonds. The van der Waals surface area contributed by atoms with Gasteiger partial charge in [0, 0.05) is 0 Å². The SMILES string of the molecule is C[C@@H](O[Si](C)(C)C)[C@H]1C(=O)N2C(C(=O)O)=C(c3ccc4c(c3)OCO4)C[C@H]12. The predicted molar refractivity (Wildman–Crippen MR) is 99.8 cm³/mol. The van der Waals surface area contributed by atoms with Crippen molar-refractivity contribution in [3.05, 3.63) is 29.5 Å². The Kier molecular flexibility index (Phi) is 4.08. The lowest BCUT2D eigenvalue weighted by molar-refractivity contribution is -0.160. The van der Waals surface area contributed by atoms with Crippen molar-refractivity contribution in [1.82, 2.24) is 4.90 Å². The summed E-state index contributed by atoms with van der Waals surface area (Å²) in [5.41, 5.74) is 1.47. The number of carboxylic acid groups (broad SMARTS) is 1. The molecule has 3 aliphatic heterocycles. The van der Waals surface area contributed by atoms with Crippen molar-refractivity contribution in [3.63, 3.8) is 0 Å². The summed E-state index contributed by atoms with van der Waals surface area (Å²) in [4.78, 5) is 26.1. The molecule has 0 bridgehead atoms. The Labute approximate surface area is 158 Å². The van der Waals surface area contributed by atoms with E-state index in [4.69, 9.17) is 13.9 Å². The number of carbonyl (C=O) groups excluding carboxylic acids is 1. The second-order valence-corrected chi connectivity index (χ2v) is 12.6. The second-order valence-electron chi connectivity index (χ2n) is 8.14. The Hall–Kier alpha value is -2.32. The van der Waals surface area contributed by atoms with Crippen LogP contribution in [-0.4, -0.2) is 49.1 Å². The summed E-state index contributed by atoms with van der Waals surface area (Å²) in [5.74, 6) is -0.326. The Morgan fingerprint density at radius 2 is 2.00 bits per heavy atom. The summed E-state index contributed by atoms with van der Waals surface area (Å²) in [7, 11) is -1.80. The summed E-state index contributed by atoms with van der Waals surface area (Å²) < 4.78 is 16.8. The van der Waals surface area contributed by atoms with Crippen LogP contribution in [0.25, 0.3) is 5.57 Å². The summed E-state index contributed by atoms with van der Waals surface area (Å²) in [6, 6.07) is 5.21. The number of aliphatic carboxylic acids is 1. The number of fused-ring (bicyclic) bond motifs is 2. The topological polar surface area (TPSA) is 85.3 Å². The first-order valence-electron chi connectivity index (χ1n) is 9.05. The highest BCUT2D eigenvalue weighted by molar-refractivity contribution is 6.69. The van der Waals surface area contributed by atoms with E-state index in [0.29, 0.717) is 23.5 Å². The molecule has 1 aromatic rings.